The Morgan fingerprint density at radius 2 is 2.22 bits per heavy atom. The third kappa shape index (κ3) is 3.22. The predicted octanol–water partition coefficient (Wildman–Crippen LogP) is 3.29. The van der Waals surface area contributed by atoms with E-state index in [1.807, 2.05) is 14.0 Å². The number of hydrogen-bond acceptors (Lipinski definition) is 2. The average Bonchev–Trinajstić information content (AvgIpc) is 2.81. The van der Waals surface area contributed by atoms with Crippen molar-refractivity contribution in [3.8, 4) is 5.75 Å². The van der Waals surface area contributed by atoms with E-state index < -0.39 is 0 Å². The molecule has 18 heavy (non-hydrogen) atoms. The quantitative estimate of drug-likeness (QED) is 0.867. The molecule has 2 atom stereocenters. The number of rotatable bonds is 5. The summed E-state index contributed by atoms with van der Waals surface area (Å²) >= 11 is 0. The van der Waals surface area contributed by atoms with Gasteiger partial charge in [0.1, 0.15) is 11.6 Å². The van der Waals surface area contributed by atoms with Gasteiger partial charge in [0, 0.05) is 12.1 Å². The van der Waals surface area contributed by atoms with Crippen LogP contribution in [-0.2, 0) is 0 Å². The lowest BCUT2D eigenvalue weighted by Gasteiger charge is -2.19. The van der Waals surface area contributed by atoms with E-state index in [0.29, 0.717) is 24.3 Å². The minimum Gasteiger partial charge on any atom is -0.493 e. The van der Waals surface area contributed by atoms with Crippen molar-refractivity contribution in [3.05, 3.63) is 29.6 Å². The van der Waals surface area contributed by atoms with Gasteiger partial charge in [-0.1, -0.05) is 12.5 Å². The summed E-state index contributed by atoms with van der Waals surface area (Å²) in [5.41, 5.74) is 0.994. The molecular formula is C15H22FNO. The molecule has 0 spiro atoms. The topological polar surface area (TPSA) is 21.3 Å². The van der Waals surface area contributed by atoms with Crippen molar-refractivity contribution in [1.82, 2.24) is 5.32 Å². The Kier molecular flexibility index (Phi) is 4.59. The number of benzene rings is 1. The largest absolute Gasteiger partial charge is 0.493 e. The normalized spacial score (nSPS) is 23.3. The van der Waals surface area contributed by atoms with E-state index in [1.54, 1.807) is 6.07 Å². The molecule has 100 valence electrons. The molecule has 3 heteroatoms. The fourth-order valence-electron chi connectivity index (χ4n) is 2.81. The minimum absolute atomic E-state index is 0.232. The van der Waals surface area contributed by atoms with Crippen molar-refractivity contribution >= 4 is 0 Å². The van der Waals surface area contributed by atoms with Crippen LogP contribution >= 0.6 is 0 Å². The van der Waals surface area contributed by atoms with Gasteiger partial charge in [0.05, 0.1) is 6.61 Å². The molecular weight excluding hydrogens is 229 g/mol. The van der Waals surface area contributed by atoms with Crippen LogP contribution in [-0.4, -0.2) is 19.7 Å². The zero-order valence-electron chi connectivity index (χ0n) is 11.2. The number of halogens is 1. The number of ether oxygens (including phenoxy) is 1. The lowest BCUT2D eigenvalue weighted by molar-refractivity contribution is 0.261. The van der Waals surface area contributed by atoms with Crippen molar-refractivity contribution in [2.75, 3.05) is 13.7 Å². The van der Waals surface area contributed by atoms with Crippen LogP contribution in [0, 0.1) is 18.7 Å². The van der Waals surface area contributed by atoms with Gasteiger partial charge in [-0.2, -0.15) is 0 Å². The van der Waals surface area contributed by atoms with E-state index in [-0.39, 0.29) is 5.82 Å². The number of aryl methyl sites for hydroxylation is 1. The summed E-state index contributed by atoms with van der Waals surface area (Å²) in [5.74, 6) is 1.14. The SMILES string of the molecule is CNC1CCCC1CCOc1cc(F)ccc1C. The Morgan fingerprint density at radius 3 is 3.00 bits per heavy atom. The molecule has 1 fully saturated rings. The molecule has 1 aromatic carbocycles. The summed E-state index contributed by atoms with van der Waals surface area (Å²) in [6.07, 6.45) is 4.88. The van der Waals surface area contributed by atoms with Gasteiger partial charge in [0.2, 0.25) is 0 Å². The first-order valence-electron chi connectivity index (χ1n) is 6.77. The molecule has 0 aromatic heterocycles. The molecule has 0 amide bonds. The van der Waals surface area contributed by atoms with Gasteiger partial charge < -0.3 is 10.1 Å². The summed E-state index contributed by atoms with van der Waals surface area (Å²) in [5, 5.41) is 3.37. The Bertz CT molecular complexity index is 394. The first-order valence-corrected chi connectivity index (χ1v) is 6.77. The van der Waals surface area contributed by atoms with Gasteiger partial charge in [-0.3, -0.25) is 0 Å². The molecule has 0 saturated heterocycles. The highest BCUT2D eigenvalue weighted by atomic mass is 19.1. The van der Waals surface area contributed by atoms with E-state index in [2.05, 4.69) is 5.32 Å². The molecule has 2 unspecified atom stereocenters. The maximum Gasteiger partial charge on any atom is 0.126 e. The number of nitrogens with one attached hydrogen (secondary N) is 1. The maximum atomic E-state index is 13.1. The monoisotopic (exact) mass is 251 g/mol. The van der Waals surface area contributed by atoms with Gasteiger partial charge >= 0.3 is 0 Å². The molecule has 2 rings (SSSR count). The second kappa shape index (κ2) is 6.19. The first-order chi connectivity index (χ1) is 8.70. The molecule has 1 saturated carbocycles. The van der Waals surface area contributed by atoms with E-state index >= 15 is 0 Å². The van der Waals surface area contributed by atoms with Crippen LogP contribution in [0.25, 0.3) is 0 Å². The van der Waals surface area contributed by atoms with Gasteiger partial charge in [0.15, 0.2) is 0 Å². The molecule has 1 aliphatic carbocycles. The highest BCUT2D eigenvalue weighted by Crippen LogP contribution is 2.28. The van der Waals surface area contributed by atoms with Crippen molar-refractivity contribution in [2.24, 2.45) is 5.92 Å². The fourth-order valence-corrected chi connectivity index (χ4v) is 2.81. The third-order valence-electron chi connectivity index (χ3n) is 3.93. The van der Waals surface area contributed by atoms with Crippen LogP contribution in [0.3, 0.4) is 0 Å². The van der Waals surface area contributed by atoms with Crippen molar-refractivity contribution in [3.63, 3.8) is 0 Å². The van der Waals surface area contributed by atoms with Gasteiger partial charge in [0.25, 0.3) is 0 Å². The van der Waals surface area contributed by atoms with Gasteiger partial charge in [-0.25, -0.2) is 4.39 Å². The lowest BCUT2D eigenvalue weighted by Crippen LogP contribution is -2.29. The summed E-state index contributed by atoms with van der Waals surface area (Å²) < 4.78 is 18.8. The molecule has 1 aromatic rings. The van der Waals surface area contributed by atoms with Crippen LogP contribution in [0.4, 0.5) is 4.39 Å². The molecule has 0 heterocycles. The summed E-state index contributed by atoms with van der Waals surface area (Å²) in [6.45, 7) is 2.62. The third-order valence-corrected chi connectivity index (χ3v) is 3.93. The molecule has 0 radical (unpaired) electrons. The predicted molar refractivity (Wildman–Crippen MR) is 71.4 cm³/mol. The van der Waals surface area contributed by atoms with E-state index in [0.717, 1.165) is 12.0 Å². The zero-order chi connectivity index (χ0) is 13.0. The average molecular weight is 251 g/mol. The van der Waals surface area contributed by atoms with E-state index in [9.17, 15) is 4.39 Å². The molecule has 1 aliphatic rings. The van der Waals surface area contributed by atoms with Crippen LogP contribution in [0.15, 0.2) is 18.2 Å². The van der Waals surface area contributed by atoms with Crippen LogP contribution in [0.1, 0.15) is 31.2 Å². The molecule has 2 nitrogen and oxygen atoms in total. The van der Waals surface area contributed by atoms with Crippen LogP contribution < -0.4 is 10.1 Å². The van der Waals surface area contributed by atoms with Crippen LogP contribution in [0.2, 0.25) is 0 Å². The molecule has 0 aliphatic heterocycles. The molecule has 1 N–H and O–H groups in total. The maximum absolute atomic E-state index is 13.1. The summed E-state index contributed by atoms with van der Waals surface area (Å²) in [6, 6.07) is 5.33. The summed E-state index contributed by atoms with van der Waals surface area (Å²) in [7, 11) is 2.03. The second-order valence-electron chi connectivity index (χ2n) is 5.13. The van der Waals surface area contributed by atoms with Gasteiger partial charge in [-0.15, -0.1) is 0 Å². The van der Waals surface area contributed by atoms with Crippen LogP contribution in [0.5, 0.6) is 5.75 Å². The lowest BCUT2D eigenvalue weighted by atomic mass is 10.0. The molecule has 0 bridgehead atoms. The van der Waals surface area contributed by atoms with Crippen molar-refractivity contribution < 1.29 is 9.13 Å². The zero-order valence-corrected chi connectivity index (χ0v) is 11.2. The number of hydrogen-bond donors (Lipinski definition) is 1. The highest BCUT2D eigenvalue weighted by Gasteiger charge is 2.25. The van der Waals surface area contributed by atoms with E-state index in [1.165, 1.54) is 31.4 Å². The standard InChI is InChI=1S/C15H22FNO/c1-11-6-7-13(16)10-15(11)18-9-8-12-4-3-5-14(12)17-2/h6-7,10,12,14,17H,3-5,8-9H2,1-2H3. The Balaban J connectivity index is 1.83. The Labute approximate surface area is 109 Å². The fraction of sp³-hybridized carbons (Fsp3) is 0.600. The van der Waals surface area contributed by atoms with Crippen molar-refractivity contribution in [2.45, 2.75) is 38.6 Å². The Hall–Kier alpha value is -1.09. The Morgan fingerprint density at radius 1 is 1.39 bits per heavy atom. The van der Waals surface area contributed by atoms with E-state index in [4.69, 9.17) is 4.74 Å². The summed E-state index contributed by atoms with van der Waals surface area (Å²) in [4.78, 5) is 0. The van der Waals surface area contributed by atoms with Crippen molar-refractivity contribution in [1.29, 1.82) is 0 Å². The smallest absolute Gasteiger partial charge is 0.126 e. The minimum atomic E-state index is -0.232. The highest BCUT2D eigenvalue weighted by molar-refractivity contribution is 5.32. The first kappa shape index (κ1) is 13.3. The second-order valence-corrected chi connectivity index (χ2v) is 5.13. The van der Waals surface area contributed by atoms with Gasteiger partial charge in [-0.05, 0) is 50.8 Å².